The van der Waals surface area contributed by atoms with E-state index in [1.54, 1.807) is 6.07 Å². The summed E-state index contributed by atoms with van der Waals surface area (Å²) in [4.78, 5) is 14.5. The predicted molar refractivity (Wildman–Crippen MR) is 77.5 cm³/mol. The van der Waals surface area contributed by atoms with Crippen LogP contribution in [0.3, 0.4) is 0 Å². The third kappa shape index (κ3) is 3.04. The van der Waals surface area contributed by atoms with Crippen molar-refractivity contribution in [1.29, 1.82) is 0 Å². The summed E-state index contributed by atoms with van der Waals surface area (Å²) < 4.78 is 5.40. The maximum Gasteiger partial charge on any atom is 0.294 e. The number of aromatic amines is 1. The molecule has 0 saturated carbocycles. The van der Waals surface area contributed by atoms with Gasteiger partial charge < -0.3 is 19.9 Å². The molecule has 0 aliphatic heterocycles. The van der Waals surface area contributed by atoms with Crippen LogP contribution in [-0.2, 0) is 0 Å². The fourth-order valence-corrected chi connectivity index (χ4v) is 2.09. The van der Waals surface area contributed by atoms with Crippen LogP contribution in [0.25, 0.3) is 10.9 Å². The number of unbranched alkanes of at least 4 members (excludes halogenated alkanes) is 3. The lowest BCUT2D eigenvalue weighted by atomic mass is 10.2. The molecule has 0 unspecified atom stereocenters. The van der Waals surface area contributed by atoms with Gasteiger partial charge in [0, 0.05) is 11.5 Å². The number of phenols is 1. The molecule has 2 rings (SSSR count). The van der Waals surface area contributed by atoms with Gasteiger partial charge >= 0.3 is 0 Å². The monoisotopic (exact) mass is 277 g/mol. The number of ether oxygens (including phenoxy) is 1. The number of phenolic OH excluding ortho intramolecular Hbond substituents is 1. The highest BCUT2D eigenvalue weighted by Crippen LogP contribution is 2.31. The van der Waals surface area contributed by atoms with Crippen molar-refractivity contribution >= 4 is 10.9 Å². The van der Waals surface area contributed by atoms with Gasteiger partial charge in [-0.1, -0.05) is 26.2 Å². The van der Waals surface area contributed by atoms with Gasteiger partial charge in [-0.05, 0) is 18.6 Å². The summed E-state index contributed by atoms with van der Waals surface area (Å²) in [6, 6.07) is 4.38. The zero-order valence-corrected chi connectivity index (χ0v) is 11.5. The molecule has 0 amide bonds. The van der Waals surface area contributed by atoms with Gasteiger partial charge in [-0.15, -0.1) is 0 Å². The Morgan fingerprint density at radius 2 is 2.00 bits per heavy atom. The van der Waals surface area contributed by atoms with E-state index < -0.39 is 5.56 Å². The maximum atomic E-state index is 11.9. The molecule has 0 aliphatic carbocycles. The topological polar surface area (TPSA) is 82.5 Å². The Kier molecular flexibility index (Phi) is 4.50. The van der Waals surface area contributed by atoms with Gasteiger partial charge in [0.1, 0.15) is 5.75 Å². The third-order valence-electron chi connectivity index (χ3n) is 3.17. The van der Waals surface area contributed by atoms with Crippen LogP contribution in [0.4, 0.5) is 0 Å². The van der Waals surface area contributed by atoms with E-state index in [1.807, 2.05) is 0 Å². The molecule has 5 heteroatoms. The standard InChI is InChI=1S/C15H19NO4/c1-2-3-4-5-8-20-14-13(18)11-7-6-10(17)9-12(11)16-15(14)19/h6-7,9,17H,2-5,8H2,1H3,(H2,16,18,19). The van der Waals surface area contributed by atoms with Crippen LogP contribution in [0.15, 0.2) is 23.0 Å². The highest BCUT2D eigenvalue weighted by atomic mass is 16.5. The van der Waals surface area contributed by atoms with Crippen molar-refractivity contribution in [2.45, 2.75) is 32.6 Å². The number of nitrogens with one attached hydrogen (secondary N) is 1. The second-order valence-corrected chi connectivity index (χ2v) is 4.77. The summed E-state index contributed by atoms with van der Waals surface area (Å²) in [5, 5.41) is 19.9. The highest BCUT2D eigenvalue weighted by Gasteiger charge is 2.13. The SMILES string of the molecule is CCCCCCOc1c(O)c2ccc(O)cc2[nH]c1=O. The van der Waals surface area contributed by atoms with E-state index in [1.165, 1.54) is 12.1 Å². The van der Waals surface area contributed by atoms with Crippen molar-refractivity contribution in [2.75, 3.05) is 6.61 Å². The minimum Gasteiger partial charge on any atom is -0.508 e. The number of hydrogen-bond acceptors (Lipinski definition) is 4. The van der Waals surface area contributed by atoms with Crippen LogP contribution in [0, 0.1) is 0 Å². The fraction of sp³-hybridized carbons (Fsp3) is 0.400. The molecule has 0 saturated heterocycles. The number of pyridine rings is 1. The average Bonchev–Trinajstić information content (AvgIpc) is 2.41. The summed E-state index contributed by atoms with van der Waals surface area (Å²) in [5.41, 5.74) is -0.109. The Labute approximate surface area is 116 Å². The molecule has 0 atom stereocenters. The molecular formula is C15H19NO4. The van der Waals surface area contributed by atoms with Crippen molar-refractivity contribution in [3.05, 3.63) is 28.6 Å². The van der Waals surface area contributed by atoms with E-state index in [-0.39, 0.29) is 17.2 Å². The fourth-order valence-electron chi connectivity index (χ4n) is 2.09. The zero-order chi connectivity index (χ0) is 14.5. The molecule has 5 nitrogen and oxygen atoms in total. The van der Waals surface area contributed by atoms with Gasteiger partial charge in [0.25, 0.3) is 5.56 Å². The molecule has 0 bridgehead atoms. The van der Waals surface area contributed by atoms with Gasteiger partial charge in [-0.25, -0.2) is 0 Å². The first kappa shape index (κ1) is 14.2. The van der Waals surface area contributed by atoms with E-state index >= 15 is 0 Å². The van der Waals surface area contributed by atoms with E-state index in [0.29, 0.717) is 17.5 Å². The summed E-state index contributed by atoms with van der Waals surface area (Å²) in [6.07, 6.45) is 4.14. The first-order valence-corrected chi connectivity index (χ1v) is 6.84. The molecule has 1 aromatic carbocycles. The summed E-state index contributed by atoms with van der Waals surface area (Å²) in [7, 11) is 0. The number of aromatic hydroxyl groups is 2. The van der Waals surface area contributed by atoms with Gasteiger partial charge in [-0.3, -0.25) is 4.79 Å². The van der Waals surface area contributed by atoms with Crippen molar-refractivity contribution in [3.63, 3.8) is 0 Å². The summed E-state index contributed by atoms with van der Waals surface area (Å²) >= 11 is 0. The van der Waals surface area contributed by atoms with Crippen LogP contribution < -0.4 is 10.3 Å². The lowest BCUT2D eigenvalue weighted by Crippen LogP contribution is -2.12. The molecule has 0 radical (unpaired) electrons. The van der Waals surface area contributed by atoms with Gasteiger partial charge in [0.05, 0.1) is 12.1 Å². The smallest absolute Gasteiger partial charge is 0.294 e. The Morgan fingerprint density at radius 3 is 2.75 bits per heavy atom. The largest absolute Gasteiger partial charge is 0.508 e. The Balaban J connectivity index is 2.21. The lowest BCUT2D eigenvalue weighted by molar-refractivity contribution is 0.286. The number of aromatic nitrogens is 1. The van der Waals surface area contributed by atoms with E-state index in [9.17, 15) is 15.0 Å². The second-order valence-electron chi connectivity index (χ2n) is 4.77. The summed E-state index contributed by atoms with van der Waals surface area (Å²) in [5.74, 6) is -0.209. The van der Waals surface area contributed by atoms with Gasteiger partial charge in [0.15, 0.2) is 5.75 Å². The lowest BCUT2D eigenvalue weighted by Gasteiger charge is -2.09. The Morgan fingerprint density at radius 1 is 1.20 bits per heavy atom. The van der Waals surface area contributed by atoms with Crippen LogP contribution in [0.2, 0.25) is 0 Å². The number of rotatable bonds is 6. The van der Waals surface area contributed by atoms with E-state index in [0.717, 1.165) is 25.7 Å². The number of fused-ring (bicyclic) bond motifs is 1. The van der Waals surface area contributed by atoms with E-state index in [4.69, 9.17) is 4.74 Å². The minimum absolute atomic E-state index is 0.0285. The molecule has 2 aromatic rings. The molecule has 20 heavy (non-hydrogen) atoms. The van der Waals surface area contributed by atoms with Crippen molar-refractivity contribution in [1.82, 2.24) is 4.98 Å². The molecule has 1 heterocycles. The molecule has 0 spiro atoms. The second kappa shape index (κ2) is 6.32. The number of hydrogen-bond donors (Lipinski definition) is 3. The van der Waals surface area contributed by atoms with E-state index in [2.05, 4.69) is 11.9 Å². The number of benzene rings is 1. The highest BCUT2D eigenvalue weighted by molar-refractivity contribution is 5.87. The Hall–Kier alpha value is -2.17. The molecule has 0 aliphatic rings. The molecule has 108 valence electrons. The minimum atomic E-state index is -0.490. The normalized spacial score (nSPS) is 10.8. The van der Waals surface area contributed by atoms with Crippen molar-refractivity contribution in [2.24, 2.45) is 0 Å². The van der Waals surface area contributed by atoms with Crippen LogP contribution >= 0.6 is 0 Å². The van der Waals surface area contributed by atoms with Crippen LogP contribution in [0.1, 0.15) is 32.6 Å². The molecule has 0 fully saturated rings. The zero-order valence-electron chi connectivity index (χ0n) is 11.5. The van der Waals surface area contributed by atoms with Crippen molar-refractivity contribution < 1.29 is 14.9 Å². The first-order chi connectivity index (χ1) is 9.63. The number of H-pyrrole nitrogens is 1. The van der Waals surface area contributed by atoms with Crippen molar-refractivity contribution in [3.8, 4) is 17.2 Å². The average molecular weight is 277 g/mol. The molecular weight excluding hydrogens is 258 g/mol. The molecule has 3 N–H and O–H groups in total. The van der Waals surface area contributed by atoms with Crippen LogP contribution in [0.5, 0.6) is 17.2 Å². The van der Waals surface area contributed by atoms with Gasteiger partial charge in [-0.2, -0.15) is 0 Å². The molecule has 1 aromatic heterocycles. The quantitative estimate of drug-likeness (QED) is 0.709. The summed E-state index contributed by atoms with van der Waals surface area (Å²) in [6.45, 7) is 2.52. The van der Waals surface area contributed by atoms with Gasteiger partial charge in [0.2, 0.25) is 5.75 Å². The Bertz CT molecular complexity index is 648. The maximum absolute atomic E-state index is 11.9. The third-order valence-corrected chi connectivity index (χ3v) is 3.17. The van der Waals surface area contributed by atoms with Crippen LogP contribution in [-0.4, -0.2) is 21.8 Å². The predicted octanol–water partition coefficient (Wildman–Crippen LogP) is 2.90. The first-order valence-electron chi connectivity index (χ1n) is 6.84.